The Morgan fingerprint density at radius 1 is 1.15 bits per heavy atom. The molecular weight excluding hydrogens is 433 g/mol. The molecule has 1 fully saturated rings. The van der Waals surface area contributed by atoms with Crippen LogP contribution in [0.5, 0.6) is 0 Å². The second-order valence-electron chi connectivity index (χ2n) is 8.90. The molecule has 0 spiro atoms. The van der Waals surface area contributed by atoms with E-state index in [1.165, 1.54) is 4.90 Å². The van der Waals surface area contributed by atoms with Crippen molar-refractivity contribution in [2.45, 2.75) is 56.9 Å². The highest BCUT2D eigenvalue weighted by Gasteiger charge is 2.37. The van der Waals surface area contributed by atoms with Crippen molar-refractivity contribution in [1.29, 1.82) is 5.26 Å². The minimum Gasteiger partial charge on any atom is -0.338 e. The number of nitrogens with one attached hydrogen (secondary N) is 2. The molecule has 3 aromatic rings. The number of benzene rings is 1. The Morgan fingerprint density at radius 2 is 1.91 bits per heavy atom. The largest absolute Gasteiger partial charge is 0.401 e. The van der Waals surface area contributed by atoms with Crippen LogP contribution in [0.25, 0.3) is 10.9 Å². The van der Waals surface area contributed by atoms with Gasteiger partial charge in [-0.3, -0.25) is 9.69 Å². The van der Waals surface area contributed by atoms with E-state index in [4.69, 9.17) is 0 Å². The average molecular weight is 456 g/mol. The molecule has 0 radical (unpaired) electrons. The summed E-state index contributed by atoms with van der Waals surface area (Å²) in [5.41, 5.74) is 1.75. The van der Waals surface area contributed by atoms with E-state index in [-0.39, 0.29) is 18.6 Å². The van der Waals surface area contributed by atoms with Crippen LogP contribution in [0.2, 0.25) is 0 Å². The minimum atomic E-state index is -4.24. The highest BCUT2D eigenvalue weighted by atomic mass is 19.4. The van der Waals surface area contributed by atoms with Gasteiger partial charge in [-0.25, -0.2) is 4.68 Å². The number of halogens is 3. The van der Waals surface area contributed by atoms with Crippen molar-refractivity contribution >= 4 is 22.4 Å². The lowest BCUT2D eigenvalue weighted by atomic mass is 9.83. The molecule has 10 heteroatoms. The molecule has 33 heavy (non-hydrogen) atoms. The lowest BCUT2D eigenvalue weighted by Gasteiger charge is -2.31. The van der Waals surface area contributed by atoms with Gasteiger partial charge in [-0.05, 0) is 55.0 Å². The molecule has 0 atom stereocenters. The van der Waals surface area contributed by atoms with Crippen LogP contribution < -0.4 is 10.9 Å². The Kier molecular flexibility index (Phi) is 5.16. The van der Waals surface area contributed by atoms with Gasteiger partial charge in [-0.15, -0.1) is 0 Å². The molecule has 7 nitrogen and oxygen atoms in total. The number of hydrogen-bond donors (Lipinski definition) is 2. The van der Waals surface area contributed by atoms with Crippen LogP contribution in [-0.4, -0.2) is 32.4 Å². The van der Waals surface area contributed by atoms with E-state index >= 15 is 0 Å². The van der Waals surface area contributed by atoms with Gasteiger partial charge >= 0.3 is 6.18 Å². The summed E-state index contributed by atoms with van der Waals surface area (Å²) in [6, 6.07) is 9.57. The second kappa shape index (κ2) is 7.92. The van der Waals surface area contributed by atoms with Gasteiger partial charge in [0.1, 0.15) is 10.9 Å². The number of aromatic nitrogens is 3. The first kappa shape index (κ1) is 21.5. The monoisotopic (exact) mass is 456 g/mol. The number of nitrogens with zero attached hydrogens (tertiary/aromatic N) is 4. The highest BCUT2D eigenvalue weighted by molar-refractivity contribution is 5.91. The van der Waals surface area contributed by atoms with Crippen molar-refractivity contribution in [3.63, 3.8) is 0 Å². The first-order chi connectivity index (χ1) is 15.8. The third kappa shape index (κ3) is 3.97. The predicted molar refractivity (Wildman–Crippen MR) is 117 cm³/mol. The standard InChI is InChI=1S/C23H23F3N6O/c24-23(25,26)14-31-11-15-4-5-17(10-16(15)12-31)29-20-19-18(6-9-28-21(19)33)32(30-20)22(13-27)7-2-1-3-8-22/h4-6,9-10H,1-3,7-8,11-12,14H2,(H,28,33)(H,29,30). The van der Waals surface area contributed by atoms with Gasteiger partial charge < -0.3 is 10.3 Å². The molecule has 0 bridgehead atoms. The van der Waals surface area contributed by atoms with E-state index in [1.54, 1.807) is 35.1 Å². The van der Waals surface area contributed by atoms with Crippen molar-refractivity contribution in [2.24, 2.45) is 0 Å². The maximum atomic E-state index is 12.8. The average Bonchev–Trinajstić information content (AvgIpc) is 3.34. The van der Waals surface area contributed by atoms with E-state index in [2.05, 4.69) is 21.5 Å². The Bertz CT molecular complexity index is 1300. The van der Waals surface area contributed by atoms with Gasteiger partial charge in [0.05, 0.1) is 18.1 Å². The van der Waals surface area contributed by atoms with Crippen molar-refractivity contribution in [2.75, 3.05) is 11.9 Å². The smallest absolute Gasteiger partial charge is 0.338 e. The normalized spacial score (nSPS) is 18.2. The molecule has 1 aromatic carbocycles. The first-order valence-electron chi connectivity index (χ1n) is 11.0. The minimum absolute atomic E-state index is 0.206. The van der Waals surface area contributed by atoms with Crippen LogP contribution >= 0.6 is 0 Å². The molecule has 1 saturated carbocycles. The number of H-pyrrole nitrogens is 1. The molecule has 1 aliphatic carbocycles. The van der Waals surface area contributed by atoms with Gasteiger partial charge in [0.15, 0.2) is 5.82 Å². The lowest BCUT2D eigenvalue weighted by Crippen LogP contribution is -2.35. The first-order valence-corrected chi connectivity index (χ1v) is 11.0. The molecule has 0 unspecified atom stereocenters. The lowest BCUT2D eigenvalue weighted by molar-refractivity contribution is -0.146. The summed E-state index contributed by atoms with van der Waals surface area (Å²) >= 11 is 0. The second-order valence-corrected chi connectivity index (χ2v) is 8.90. The van der Waals surface area contributed by atoms with Crippen LogP contribution in [0, 0.1) is 11.3 Å². The van der Waals surface area contributed by atoms with Crippen LogP contribution in [0.15, 0.2) is 35.3 Å². The fourth-order valence-corrected chi connectivity index (χ4v) is 5.04. The summed E-state index contributed by atoms with van der Waals surface area (Å²) < 4.78 is 40.0. The Morgan fingerprint density at radius 3 is 2.64 bits per heavy atom. The van der Waals surface area contributed by atoms with Gasteiger partial charge in [-0.1, -0.05) is 12.5 Å². The highest BCUT2D eigenvalue weighted by Crippen LogP contribution is 2.38. The summed E-state index contributed by atoms with van der Waals surface area (Å²) in [7, 11) is 0. The summed E-state index contributed by atoms with van der Waals surface area (Å²) in [5.74, 6) is 0.331. The molecule has 0 saturated heterocycles. The number of aromatic amines is 1. The third-order valence-corrected chi connectivity index (χ3v) is 6.56. The number of rotatable bonds is 4. The molecule has 2 N–H and O–H groups in total. The SMILES string of the molecule is N#CC1(n2nc(Nc3ccc4c(c3)CN(CC(F)(F)F)C4)c3c(=O)[nH]ccc32)CCCCC1. The maximum absolute atomic E-state index is 12.8. The Labute approximate surface area is 187 Å². The van der Waals surface area contributed by atoms with Crippen molar-refractivity contribution < 1.29 is 13.2 Å². The molecule has 2 aromatic heterocycles. The predicted octanol–water partition coefficient (Wildman–Crippen LogP) is 4.53. The zero-order chi connectivity index (χ0) is 23.2. The quantitative estimate of drug-likeness (QED) is 0.602. The molecule has 1 aliphatic heterocycles. The van der Waals surface area contributed by atoms with Gasteiger partial charge in [0, 0.05) is 25.0 Å². The van der Waals surface area contributed by atoms with Gasteiger partial charge in [0.2, 0.25) is 0 Å². The number of pyridine rings is 1. The van der Waals surface area contributed by atoms with E-state index in [0.717, 1.165) is 30.4 Å². The molecule has 172 valence electrons. The van der Waals surface area contributed by atoms with Crippen LogP contribution in [0.4, 0.5) is 24.7 Å². The Balaban J connectivity index is 1.50. The number of nitriles is 1. The summed E-state index contributed by atoms with van der Waals surface area (Å²) in [5, 5.41) is 18.2. The van der Waals surface area contributed by atoms with Gasteiger partial charge in [-0.2, -0.15) is 23.5 Å². The number of fused-ring (bicyclic) bond motifs is 2. The van der Waals surface area contributed by atoms with Crippen molar-refractivity contribution in [3.8, 4) is 6.07 Å². The molecule has 3 heterocycles. The van der Waals surface area contributed by atoms with Crippen molar-refractivity contribution in [1.82, 2.24) is 19.7 Å². The number of hydrogen-bond acceptors (Lipinski definition) is 5. The van der Waals surface area contributed by atoms with Crippen molar-refractivity contribution in [3.05, 3.63) is 51.9 Å². The fourth-order valence-electron chi connectivity index (χ4n) is 5.04. The zero-order valence-corrected chi connectivity index (χ0v) is 17.9. The van der Waals surface area contributed by atoms with Crippen LogP contribution in [0.1, 0.15) is 43.2 Å². The van der Waals surface area contributed by atoms with E-state index in [1.807, 2.05) is 0 Å². The zero-order valence-electron chi connectivity index (χ0n) is 17.9. The van der Waals surface area contributed by atoms with Gasteiger partial charge in [0.25, 0.3) is 5.56 Å². The maximum Gasteiger partial charge on any atom is 0.401 e. The summed E-state index contributed by atoms with van der Waals surface area (Å²) in [6.07, 6.45) is 1.53. The summed E-state index contributed by atoms with van der Waals surface area (Å²) in [4.78, 5) is 16.7. The van der Waals surface area contributed by atoms with E-state index < -0.39 is 18.3 Å². The fraction of sp³-hybridized carbons (Fsp3) is 0.435. The van der Waals surface area contributed by atoms with E-state index in [9.17, 15) is 23.2 Å². The van der Waals surface area contributed by atoms with Crippen LogP contribution in [-0.2, 0) is 18.6 Å². The van der Waals surface area contributed by atoms with Crippen LogP contribution in [0.3, 0.4) is 0 Å². The summed E-state index contributed by atoms with van der Waals surface area (Å²) in [6.45, 7) is -0.500. The molecular formula is C23H23F3N6O. The molecule has 0 amide bonds. The number of anilines is 2. The van der Waals surface area contributed by atoms with E-state index in [0.29, 0.717) is 35.2 Å². The molecule has 2 aliphatic rings. The third-order valence-electron chi connectivity index (χ3n) is 6.56. The number of alkyl halides is 3. The Hall–Kier alpha value is -3.32. The molecule has 5 rings (SSSR count). The topological polar surface area (TPSA) is 89.7 Å².